The topological polar surface area (TPSA) is 64.1 Å². The number of nitrogens with zero attached hydrogens (tertiary/aromatic N) is 2. The van der Waals surface area contributed by atoms with E-state index in [0.717, 1.165) is 17.6 Å². The van der Waals surface area contributed by atoms with Crippen molar-refractivity contribution in [2.45, 2.75) is 6.18 Å². The summed E-state index contributed by atoms with van der Waals surface area (Å²) in [6, 6.07) is 16.0. The standard InChI is InChI=1S/C22H14F3N3O2/c23-22(24,25)15-4-1-3-14(11-15)21(29)28-16-5-2-6-17(12-16)30-18-7-8-19-20(13-18)27-10-9-26-19/h1-13H,(H,28,29). The van der Waals surface area contributed by atoms with Crippen LogP contribution in [0.3, 0.4) is 0 Å². The van der Waals surface area contributed by atoms with Crippen LogP contribution in [0.1, 0.15) is 15.9 Å². The lowest BCUT2D eigenvalue weighted by Gasteiger charge is -2.11. The van der Waals surface area contributed by atoms with Gasteiger partial charge in [-0.15, -0.1) is 0 Å². The van der Waals surface area contributed by atoms with E-state index in [0.29, 0.717) is 22.7 Å². The number of fused-ring (bicyclic) bond motifs is 1. The summed E-state index contributed by atoms with van der Waals surface area (Å²) in [4.78, 5) is 20.8. The third-order valence-electron chi connectivity index (χ3n) is 4.22. The van der Waals surface area contributed by atoms with Crippen molar-refractivity contribution in [3.8, 4) is 11.5 Å². The highest BCUT2D eigenvalue weighted by atomic mass is 19.4. The Morgan fingerprint density at radius 1 is 0.833 bits per heavy atom. The smallest absolute Gasteiger partial charge is 0.416 e. The molecule has 1 heterocycles. The first-order valence-electron chi connectivity index (χ1n) is 8.86. The molecular weight excluding hydrogens is 395 g/mol. The molecule has 0 aliphatic heterocycles. The van der Waals surface area contributed by atoms with Gasteiger partial charge >= 0.3 is 6.18 Å². The molecule has 0 bridgehead atoms. The number of carbonyl (C=O) groups is 1. The summed E-state index contributed by atoms with van der Waals surface area (Å²) in [6.45, 7) is 0. The van der Waals surface area contributed by atoms with Crippen molar-refractivity contribution in [1.29, 1.82) is 0 Å². The molecule has 8 heteroatoms. The molecule has 0 saturated heterocycles. The average Bonchev–Trinajstić information content (AvgIpc) is 2.73. The van der Waals surface area contributed by atoms with Gasteiger partial charge in [0.15, 0.2) is 0 Å². The zero-order valence-corrected chi connectivity index (χ0v) is 15.4. The van der Waals surface area contributed by atoms with Crippen LogP contribution in [-0.2, 0) is 6.18 Å². The van der Waals surface area contributed by atoms with Crippen LogP contribution in [-0.4, -0.2) is 15.9 Å². The van der Waals surface area contributed by atoms with Crippen molar-refractivity contribution < 1.29 is 22.7 Å². The molecule has 1 aromatic heterocycles. The predicted molar refractivity (Wildman–Crippen MR) is 105 cm³/mol. The minimum atomic E-state index is -4.52. The number of hydrogen-bond acceptors (Lipinski definition) is 4. The molecule has 0 aliphatic rings. The maximum absolute atomic E-state index is 12.9. The predicted octanol–water partition coefficient (Wildman–Crippen LogP) is 5.69. The molecule has 0 radical (unpaired) electrons. The Morgan fingerprint density at radius 2 is 1.57 bits per heavy atom. The molecule has 3 aromatic carbocycles. The van der Waals surface area contributed by atoms with E-state index in [9.17, 15) is 18.0 Å². The van der Waals surface area contributed by atoms with Gasteiger partial charge in [-0.2, -0.15) is 13.2 Å². The Morgan fingerprint density at radius 3 is 2.37 bits per heavy atom. The summed E-state index contributed by atoms with van der Waals surface area (Å²) in [5.74, 6) is 0.323. The van der Waals surface area contributed by atoms with E-state index in [1.807, 2.05) is 0 Å². The largest absolute Gasteiger partial charge is 0.457 e. The summed E-state index contributed by atoms with van der Waals surface area (Å²) in [7, 11) is 0. The van der Waals surface area contributed by atoms with Crippen molar-refractivity contribution in [1.82, 2.24) is 9.97 Å². The van der Waals surface area contributed by atoms with Gasteiger partial charge in [-0.3, -0.25) is 14.8 Å². The number of aromatic nitrogens is 2. The summed E-state index contributed by atoms with van der Waals surface area (Å²) in [6.07, 6.45) is -1.34. The minimum absolute atomic E-state index is 0.0933. The van der Waals surface area contributed by atoms with Crippen molar-refractivity contribution in [2.24, 2.45) is 0 Å². The quantitative estimate of drug-likeness (QED) is 0.470. The Hall–Kier alpha value is -3.94. The summed E-state index contributed by atoms with van der Waals surface area (Å²) in [5.41, 5.74) is 0.808. The molecule has 5 nitrogen and oxygen atoms in total. The first kappa shape index (κ1) is 19.4. The fourth-order valence-electron chi connectivity index (χ4n) is 2.82. The van der Waals surface area contributed by atoms with E-state index in [-0.39, 0.29) is 5.56 Å². The number of nitrogens with one attached hydrogen (secondary N) is 1. The third kappa shape index (κ3) is 4.38. The molecule has 1 N–H and O–H groups in total. The van der Waals surface area contributed by atoms with Crippen molar-refractivity contribution >= 4 is 22.6 Å². The number of halogens is 3. The number of ether oxygens (including phenoxy) is 1. The van der Waals surface area contributed by atoms with Crippen molar-refractivity contribution in [2.75, 3.05) is 5.32 Å². The number of hydrogen-bond donors (Lipinski definition) is 1. The van der Waals surface area contributed by atoms with Gasteiger partial charge < -0.3 is 10.1 Å². The van der Waals surface area contributed by atoms with Gasteiger partial charge in [-0.25, -0.2) is 0 Å². The monoisotopic (exact) mass is 409 g/mol. The van der Waals surface area contributed by atoms with Gasteiger partial charge in [0, 0.05) is 35.8 Å². The fourth-order valence-corrected chi connectivity index (χ4v) is 2.82. The normalized spacial score (nSPS) is 11.3. The Bertz CT molecular complexity index is 1230. The molecule has 4 rings (SSSR count). The van der Waals surface area contributed by atoms with Crippen LogP contribution in [0, 0.1) is 0 Å². The number of benzene rings is 3. The Kier molecular flexibility index (Phi) is 5.05. The number of amides is 1. The summed E-state index contributed by atoms with van der Waals surface area (Å²) >= 11 is 0. The highest BCUT2D eigenvalue weighted by Crippen LogP contribution is 2.30. The molecule has 30 heavy (non-hydrogen) atoms. The van der Waals surface area contributed by atoms with Crippen molar-refractivity contribution in [3.05, 3.63) is 90.3 Å². The fraction of sp³-hybridized carbons (Fsp3) is 0.0455. The molecule has 4 aromatic rings. The van der Waals surface area contributed by atoms with E-state index in [4.69, 9.17) is 4.74 Å². The minimum Gasteiger partial charge on any atom is -0.457 e. The number of anilines is 1. The zero-order chi connectivity index (χ0) is 21.1. The number of rotatable bonds is 4. The zero-order valence-electron chi connectivity index (χ0n) is 15.4. The van der Waals surface area contributed by atoms with Gasteiger partial charge in [-0.1, -0.05) is 12.1 Å². The highest BCUT2D eigenvalue weighted by Gasteiger charge is 2.30. The Labute approximate surface area is 169 Å². The van der Waals surface area contributed by atoms with E-state index >= 15 is 0 Å². The first-order valence-corrected chi connectivity index (χ1v) is 8.86. The van der Waals surface area contributed by atoms with Crippen LogP contribution in [0.4, 0.5) is 18.9 Å². The van der Waals surface area contributed by atoms with Gasteiger partial charge in [0.2, 0.25) is 0 Å². The lowest BCUT2D eigenvalue weighted by Crippen LogP contribution is -2.13. The number of carbonyl (C=O) groups excluding carboxylic acids is 1. The van der Waals surface area contributed by atoms with Gasteiger partial charge in [0.05, 0.1) is 16.6 Å². The van der Waals surface area contributed by atoms with Crippen LogP contribution >= 0.6 is 0 Å². The molecule has 0 saturated carbocycles. The van der Waals surface area contributed by atoms with E-state index in [2.05, 4.69) is 15.3 Å². The molecule has 150 valence electrons. The van der Waals surface area contributed by atoms with Crippen LogP contribution in [0.15, 0.2) is 79.1 Å². The van der Waals surface area contributed by atoms with Crippen LogP contribution in [0.2, 0.25) is 0 Å². The van der Waals surface area contributed by atoms with Gasteiger partial charge in [0.25, 0.3) is 5.91 Å². The second kappa shape index (κ2) is 7.82. The van der Waals surface area contributed by atoms with Crippen LogP contribution in [0.5, 0.6) is 11.5 Å². The SMILES string of the molecule is O=C(Nc1cccc(Oc2ccc3nccnc3c2)c1)c1cccc(C(F)(F)F)c1. The van der Waals surface area contributed by atoms with Crippen LogP contribution < -0.4 is 10.1 Å². The number of alkyl halides is 3. The van der Waals surface area contributed by atoms with Gasteiger partial charge in [0.1, 0.15) is 11.5 Å². The lowest BCUT2D eigenvalue weighted by molar-refractivity contribution is -0.137. The van der Waals surface area contributed by atoms with Crippen molar-refractivity contribution in [3.63, 3.8) is 0 Å². The van der Waals surface area contributed by atoms with Crippen LogP contribution in [0.25, 0.3) is 11.0 Å². The lowest BCUT2D eigenvalue weighted by atomic mass is 10.1. The summed E-state index contributed by atoms with van der Waals surface area (Å²) in [5, 5.41) is 2.58. The second-order valence-corrected chi connectivity index (χ2v) is 6.37. The molecule has 0 fully saturated rings. The van der Waals surface area contributed by atoms with E-state index in [1.54, 1.807) is 54.9 Å². The first-order chi connectivity index (χ1) is 14.4. The molecular formula is C22H14F3N3O2. The van der Waals surface area contributed by atoms with E-state index < -0.39 is 17.6 Å². The maximum Gasteiger partial charge on any atom is 0.416 e. The molecule has 0 atom stereocenters. The highest BCUT2D eigenvalue weighted by molar-refractivity contribution is 6.04. The summed E-state index contributed by atoms with van der Waals surface area (Å²) < 4.78 is 44.4. The maximum atomic E-state index is 12.9. The van der Waals surface area contributed by atoms with Gasteiger partial charge in [-0.05, 0) is 42.5 Å². The molecule has 0 aliphatic carbocycles. The molecule has 0 unspecified atom stereocenters. The molecule has 1 amide bonds. The Balaban J connectivity index is 1.51. The second-order valence-electron chi connectivity index (χ2n) is 6.37. The third-order valence-corrected chi connectivity index (χ3v) is 4.22. The average molecular weight is 409 g/mol. The molecule has 0 spiro atoms. The van der Waals surface area contributed by atoms with E-state index in [1.165, 1.54) is 12.1 Å².